The van der Waals surface area contributed by atoms with Crippen molar-refractivity contribution in [3.8, 4) is 5.75 Å². The van der Waals surface area contributed by atoms with Gasteiger partial charge in [0.1, 0.15) is 5.75 Å². The number of hydrogen-bond acceptors (Lipinski definition) is 4. The van der Waals surface area contributed by atoms with Crippen molar-refractivity contribution in [2.45, 2.75) is 145 Å². The lowest BCUT2D eigenvalue weighted by atomic mass is 9.80. The third kappa shape index (κ3) is 17.7. The summed E-state index contributed by atoms with van der Waals surface area (Å²) >= 11 is 0. The van der Waals surface area contributed by atoms with E-state index in [9.17, 15) is 13.2 Å². The van der Waals surface area contributed by atoms with Crippen molar-refractivity contribution in [2.24, 2.45) is 16.2 Å². The van der Waals surface area contributed by atoms with Crippen LogP contribution in [-0.4, -0.2) is 66.5 Å². The molecule has 1 fully saturated rings. The maximum atomic E-state index is 12.1. The zero-order valence-electron chi connectivity index (χ0n) is 30.4. The average Bonchev–Trinajstić information content (AvgIpc) is 2.80. The van der Waals surface area contributed by atoms with E-state index in [1.165, 1.54) is 44.3 Å². The summed E-state index contributed by atoms with van der Waals surface area (Å²) in [5.74, 6) is 0.919. The third-order valence-electron chi connectivity index (χ3n) is 7.59. The molecule has 43 heavy (non-hydrogen) atoms. The van der Waals surface area contributed by atoms with E-state index in [4.69, 9.17) is 9.84 Å². The number of alkyl halides is 3. The highest BCUT2D eigenvalue weighted by Gasteiger charge is 2.51. The van der Waals surface area contributed by atoms with Crippen molar-refractivity contribution in [2.75, 3.05) is 34.3 Å². The summed E-state index contributed by atoms with van der Waals surface area (Å²) in [6.07, 6.45) is 1.83. The SMILES string of the molecule is CC(C)(C)CC(C)(C)N1CCCCC1.CC(C)(C)CC(C)(O)C(F)(F)F.COc1ccc(C(CC(C)(C)C)N(C)C)cc1. The Hall–Kier alpha value is -1.31. The third-order valence-corrected chi connectivity index (χ3v) is 7.59. The van der Waals surface area contributed by atoms with Gasteiger partial charge in [-0.1, -0.05) is 80.9 Å². The van der Waals surface area contributed by atoms with E-state index in [1.54, 1.807) is 27.9 Å². The van der Waals surface area contributed by atoms with E-state index in [0.717, 1.165) is 19.1 Å². The summed E-state index contributed by atoms with van der Waals surface area (Å²) in [6.45, 7) is 27.1. The van der Waals surface area contributed by atoms with Crippen LogP contribution in [0.4, 0.5) is 13.2 Å². The fraction of sp³-hybridized carbons (Fsp3) is 0.833. The molecular weight excluding hydrogens is 549 g/mol. The highest BCUT2D eigenvalue weighted by molar-refractivity contribution is 5.29. The van der Waals surface area contributed by atoms with Crippen LogP contribution in [0.25, 0.3) is 0 Å². The Balaban J connectivity index is 0.000000626. The molecule has 1 aliphatic heterocycles. The number of piperidine rings is 1. The van der Waals surface area contributed by atoms with Gasteiger partial charge in [-0.25, -0.2) is 0 Å². The van der Waals surface area contributed by atoms with E-state index in [1.807, 2.05) is 12.1 Å². The second-order valence-corrected chi connectivity index (χ2v) is 17.1. The first kappa shape index (κ1) is 41.7. The van der Waals surface area contributed by atoms with Gasteiger partial charge < -0.3 is 14.7 Å². The van der Waals surface area contributed by atoms with Crippen LogP contribution in [0.5, 0.6) is 5.75 Å². The summed E-state index contributed by atoms with van der Waals surface area (Å²) < 4.78 is 41.5. The van der Waals surface area contributed by atoms with Gasteiger partial charge in [-0.15, -0.1) is 0 Å². The Morgan fingerprint density at radius 2 is 1.19 bits per heavy atom. The largest absolute Gasteiger partial charge is 0.497 e. The number of rotatable bonds is 7. The zero-order chi connectivity index (χ0) is 34.1. The molecule has 1 heterocycles. The second kappa shape index (κ2) is 16.3. The minimum atomic E-state index is -4.54. The van der Waals surface area contributed by atoms with Crippen molar-refractivity contribution < 1.29 is 23.0 Å². The molecule has 4 nitrogen and oxygen atoms in total. The molecule has 1 saturated heterocycles. The van der Waals surface area contributed by atoms with Crippen LogP contribution in [0.15, 0.2) is 24.3 Å². The minimum Gasteiger partial charge on any atom is -0.497 e. The van der Waals surface area contributed by atoms with Gasteiger partial charge in [0.2, 0.25) is 0 Å². The number of nitrogens with zero attached hydrogens (tertiary/aromatic N) is 2. The highest BCUT2D eigenvalue weighted by Crippen LogP contribution is 2.39. The Bertz CT molecular complexity index is 897. The molecule has 0 aromatic heterocycles. The Morgan fingerprint density at radius 3 is 1.49 bits per heavy atom. The molecule has 0 radical (unpaired) electrons. The van der Waals surface area contributed by atoms with Gasteiger partial charge in [-0.05, 0) is 114 Å². The lowest BCUT2D eigenvalue weighted by molar-refractivity contribution is -0.261. The van der Waals surface area contributed by atoms with Crippen molar-refractivity contribution in [3.63, 3.8) is 0 Å². The number of methoxy groups -OCH3 is 1. The number of aliphatic hydroxyl groups is 1. The van der Waals surface area contributed by atoms with Crippen LogP contribution in [-0.2, 0) is 0 Å². The monoisotopic (exact) mass is 617 g/mol. The number of ether oxygens (including phenoxy) is 1. The van der Waals surface area contributed by atoms with Gasteiger partial charge >= 0.3 is 6.18 Å². The van der Waals surface area contributed by atoms with Crippen LogP contribution >= 0.6 is 0 Å². The molecule has 2 rings (SSSR count). The van der Waals surface area contributed by atoms with Crippen molar-refractivity contribution in [1.29, 1.82) is 0 Å². The summed E-state index contributed by atoms with van der Waals surface area (Å²) in [7, 11) is 5.98. The van der Waals surface area contributed by atoms with Gasteiger partial charge in [0.15, 0.2) is 5.60 Å². The molecule has 0 saturated carbocycles. The normalized spacial score (nSPS) is 17.7. The van der Waals surface area contributed by atoms with Crippen LogP contribution < -0.4 is 4.74 Å². The maximum Gasteiger partial charge on any atom is 0.416 e. The molecule has 1 aromatic rings. The standard InChI is InChI=1S/C15H25NO.C13H27N.C8H15F3O/c1-15(2,3)11-14(16(4)5)12-7-9-13(17-6)10-8-12;1-12(2,3)11-13(4,5)14-9-7-6-8-10-14;1-6(2,3)5-7(4,12)8(9,10)11/h7-10,14H,11H2,1-6H3;6-11H2,1-5H3;12H,5H2,1-4H3. The van der Waals surface area contributed by atoms with Gasteiger partial charge in [0.05, 0.1) is 7.11 Å². The second-order valence-electron chi connectivity index (χ2n) is 17.1. The van der Waals surface area contributed by atoms with Gasteiger partial charge in [-0.3, -0.25) is 4.90 Å². The predicted molar refractivity (Wildman–Crippen MR) is 178 cm³/mol. The first-order valence-corrected chi connectivity index (χ1v) is 15.9. The Labute approximate surface area is 263 Å². The summed E-state index contributed by atoms with van der Waals surface area (Å²) in [6, 6.07) is 8.86. The maximum absolute atomic E-state index is 12.1. The van der Waals surface area contributed by atoms with E-state index in [2.05, 4.69) is 91.4 Å². The summed E-state index contributed by atoms with van der Waals surface area (Å²) in [5.41, 5.74) is -0.593. The molecule has 2 atom stereocenters. The van der Waals surface area contributed by atoms with Crippen LogP contribution in [0, 0.1) is 16.2 Å². The van der Waals surface area contributed by atoms with E-state index in [0.29, 0.717) is 22.4 Å². The van der Waals surface area contributed by atoms with E-state index < -0.39 is 17.2 Å². The van der Waals surface area contributed by atoms with Crippen LogP contribution in [0.3, 0.4) is 0 Å². The first-order valence-electron chi connectivity index (χ1n) is 15.9. The molecule has 0 bridgehead atoms. The smallest absolute Gasteiger partial charge is 0.416 e. The molecule has 1 N–H and O–H groups in total. The van der Waals surface area contributed by atoms with Crippen LogP contribution in [0.2, 0.25) is 0 Å². The first-order chi connectivity index (χ1) is 19.1. The summed E-state index contributed by atoms with van der Waals surface area (Å²) in [5, 5.41) is 9.06. The quantitative estimate of drug-likeness (QED) is 0.331. The number of halogens is 3. The van der Waals surface area contributed by atoms with Crippen molar-refractivity contribution in [3.05, 3.63) is 29.8 Å². The lowest BCUT2D eigenvalue weighted by Gasteiger charge is -2.44. The van der Waals surface area contributed by atoms with Crippen molar-refractivity contribution >= 4 is 0 Å². The molecular formula is C36H67F3N2O2. The number of benzene rings is 1. The van der Waals surface area contributed by atoms with E-state index in [-0.39, 0.29) is 6.42 Å². The Morgan fingerprint density at radius 1 is 0.744 bits per heavy atom. The lowest BCUT2D eigenvalue weighted by Crippen LogP contribution is -2.48. The zero-order valence-corrected chi connectivity index (χ0v) is 30.4. The summed E-state index contributed by atoms with van der Waals surface area (Å²) in [4.78, 5) is 4.97. The molecule has 2 unspecified atom stereocenters. The number of likely N-dealkylation sites (tertiary alicyclic amines) is 1. The number of hydrogen-bond donors (Lipinski definition) is 1. The minimum absolute atomic E-state index is 0.288. The van der Waals surface area contributed by atoms with Crippen LogP contribution in [0.1, 0.15) is 133 Å². The van der Waals surface area contributed by atoms with Gasteiger partial charge in [0, 0.05) is 11.6 Å². The Kier molecular flexibility index (Phi) is 15.8. The predicted octanol–water partition coefficient (Wildman–Crippen LogP) is 10.2. The fourth-order valence-corrected chi connectivity index (χ4v) is 6.05. The molecule has 7 heteroatoms. The van der Waals surface area contributed by atoms with Crippen molar-refractivity contribution in [1.82, 2.24) is 9.80 Å². The molecule has 1 aromatic carbocycles. The molecule has 0 aliphatic carbocycles. The molecule has 1 aliphatic rings. The topological polar surface area (TPSA) is 35.9 Å². The molecule has 254 valence electrons. The molecule has 0 amide bonds. The average molecular weight is 617 g/mol. The highest BCUT2D eigenvalue weighted by atomic mass is 19.4. The van der Waals surface area contributed by atoms with Gasteiger partial charge in [-0.2, -0.15) is 13.2 Å². The fourth-order valence-electron chi connectivity index (χ4n) is 6.05. The van der Waals surface area contributed by atoms with Gasteiger partial charge in [0.25, 0.3) is 0 Å². The molecule has 0 spiro atoms. The van der Waals surface area contributed by atoms with E-state index >= 15 is 0 Å².